The molecule has 4 aromatic rings. The molecule has 0 bridgehead atoms. The summed E-state index contributed by atoms with van der Waals surface area (Å²) in [5.41, 5.74) is 5.28. The summed E-state index contributed by atoms with van der Waals surface area (Å²) >= 11 is 0. The number of rotatable bonds is 8. The number of nitrogens with one attached hydrogen (secondary N) is 1. The van der Waals surface area contributed by atoms with Crippen molar-refractivity contribution in [2.75, 3.05) is 12.4 Å². The highest BCUT2D eigenvalue weighted by Gasteiger charge is 2.16. The van der Waals surface area contributed by atoms with Gasteiger partial charge in [-0.1, -0.05) is 42.5 Å². The van der Waals surface area contributed by atoms with Gasteiger partial charge in [0.25, 0.3) is 5.91 Å². The van der Waals surface area contributed by atoms with Gasteiger partial charge >= 0.3 is 5.97 Å². The van der Waals surface area contributed by atoms with Crippen LogP contribution >= 0.6 is 0 Å². The van der Waals surface area contributed by atoms with E-state index in [1.54, 1.807) is 24.3 Å². The summed E-state index contributed by atoms with van der Waals surface area (Å²) in [5, 5.41) is 7.58. The lowest BCUT2D eigenvalue weighted by molar-refractivity contribution is 0.0600. The molecule has 0 aliphatic heterocycles. The van der Waals surface area contributed by atoms with Crippen molar-refractivity contribution < 1.29 is 19.1 Å². The van der Waals surface area contributed by atoms with Crippen LogP contribution in [0.25, 0.3) is 0 Å². The second-order valence-electron chi connectivity index (χ2n) is 8.14. The molecule has 0 radical (unpaired) electrons. The van der Waals surface area contributed by atoms with Gasteiger partial charge in [0, 0.05) is 5.56 Å². The molecule has 0 saturated heterocycles. The molecule has 1 aromatic heterocycles. The van der Waals surface area contributed by atoms with E-state index in [4.69, 9.17) is 9.47 Å². The van der Waals surface area contributed by atoms with Gasteiger partial charge in [0.2, 0.25) is 0 Å². The topological polar surface area (TPSA) is 82.5 Å². The van der Waals surface area contributed by atoms with Crippen LogP contribution in [-0.4, -0.2) is 28.8 Å². The molecule has 0 fully saturated rings. The van der Waals surface area contributed by atoms with Crippen molar-refractivity contribution >= 4 is 17.6 Å². The Hall–Kier alpha value is -4.39. The van der Waals surface area contributed by atoms with Crippen LogP contribution < -0.4 is 10.1 Å². The van der Waals surface area contributed by atoms with E-state index in [0.717, 1.165) is 28.3 Å². The average Bonchev–Trinajstić information content (AvgIpc) is 3.15. The molecule has 0 aliphatic carbocycles. The lowest BCUT2D eigenvalue weighted by atomic mass is 10.1. The van der Waals surface area contributed by atoms with Crippen LogP contribution in [0.1, 0.15) is 43.2 Å². The number of para-hydroxylation sites is 1. The number of methoxy groups -OCH3 is 1. The fourth-order valence-corrected chi connectivity index (χ4v) is 3.69. The number of nitrogens with zero attached hydrogens (tertiary/aromatic N) is 2. The number of aromatic nitrogens is 2. The van der Waals surface area contributed by atoms with Crippen LogP contribution in [0.3, 0.4) is 0 Å². The summed E-state index contributed by atoms with van der Waals surface area (Å²) in [5.74, 6) is 0.231. The normalized spacial score (nSPS) is 10.6. The van der Waals surface area contributed by atoms with Gasteiger partial charge in [-0.15, -0.1) is 0 Å². The van der Waals surface area contributed by atoms with Crippen LogP contribution in [0.15, 0.2) is 78.9 Å². The number of benzene rings is 3. The molecule has 7 nitrogen and oxygen atoms in total. The van der Waals surface area contributed by atoms with Crippen LogP contribution in [0.2, 0.25) is 0 Å². The van der Waals surface area contributed by atoms with Crippen molar-refractivity contribution in [2.45, 2.75) is 27.0 Å². The molecular formula is C28H27N3O4. The van der Waals surface area contributed by atoms with E-state index in [9.17, 15) is 9.59 Å². The molecule has 0 unspecified atom stereocenters. The molecule has 1 N–H and O–H groups in total. The fourth-order valence-electron chi connectivity index (χ4n) is 3.69. The van der Waals surface area contributed by atoms with E-state index in [0.29, 0.717) is 30.0 Å². The summed E-state index contributed by atoms with van der Waals surface area (Å²) in [7, 11) is 1.36. The first-order chi connectivity index (χ1) is 16.9. The van der Waals surface area contributed by atoms with Crippen molar-refractivity contribution in [3.63, 3.8) is 0 Å². The van der Waals surface area contributed by atoms with Crippen molar-refractivity contribution in [1.82, 2.24) is 9.78 Å². The van der Waals surface area contributed by atoms with Crippen LogP contribution in [0, 0.1) is 13.8 Å². The largest absolute Gasteiger partial charge is 0.489 e. The van der Waals surface area contributed by atoms with Gasteiger partial charge in [-0.2, -0.15) is 5.10 Å². The maximum Gasteiger partial charge on any atom is 0.337 e. The van der Waals surface area contributed by atoms with Gasteiger partial charge < -0.3 is 14.8 Å². The standard InChI is InChI=1S/C28H27N3O4/c1-19-26(20(2)31(30-19)17-21-9-15-24(16-10-21)28(33)34-3)29-27(32)23-13-11-22(12-14-23)18-35-25-7-5-4-6-8-25/h4-16H,17-18H2,1-3H3,(H,29,32). The van der Waals surface area contributed by atoms with E-state index in [1.807, 2.05) is 73.1 Å². The van der Waals surface area contributed by atoms with E-state index in [1.165, 1.54) is 7.11 Å². The number of anilines is 1. The molecular weight excluding hydrogens is 442 g/mol. The quantitative estimate of drug-likeness (QED) is 0.360. The highest BCUT2D eigenvalue weighted by Crippen LogP contribution is 2.22. The third kappa shape index (κ3) is 5.76. The molecule has 1 amide bonds. The lowest BCUT2D eigenvalue weighted by Gasteiger charge is -2.09. The second-order valence-corrected chi connectivity index (χ2v) is 8.14. The van der Waals surface area contributed by atoms with Gasteiger partial charge in [-0.25, -0.2) is 4.79 Å². The third-order valence-electron chi connectivity index (χ3n) is 5.69. The Morgan fingerprint density at radius 2 is 1.49 bits per heavy atom. The van der Waals surface area contributed by atoms with Crippen molar-refractivity contribution in [1.29, 1.82) is 0 Å². The number of hydrogen-bond donors (Lipinski definition) is 1. The van der Waals surface area contributed by atoms with E-state index >= 15 is 0 Å². The van der Waals surface area contributed by atoms with Gasteiger partial charge in [0.15, 0.2) is 0 Å². The molecule has 0 saturated carbocycles. The van der Waals surface area contributed by atoms with Gasteiger partial charge in [-0.05, 0) is 61.4 Å². The summed E-state index contributed by atoms with van der Waals surface area (Å²) in [6, 6.07) is 24.1. The number of hydrogen-bond acceptors (Lipinski definition) is 5. The molecule has 3 aromatic carbocycles. The minimum atomic E-state index is -0.371. The fraction of sp³-hybridized carbons (Fsp3) is 0.179. The first-order valence-electron chi connectivity index (χ1n) is 11.2. The predicted molar refractivity (Wildman–Crippen MR) is 134 cm³/mol. The first kappa shape index (κ1) is 23.8. The molecule has 4 rings (SSSR count). The SMILES string of the molecule is COC(=O)c1ccc(Cn2nc(C)c(NC(=O)c3ccc(COc4ccccc4)cc3)c2C)cc1. The summed E-state index contributed by atoms with van der Waals surface area (Å²) in [4.78, 5) is 24.5. The number of ether oxygens (including phenoxy) is 2. The summed E-state index contributed by atoms with van der Waals surface area (Å²) < 4.78 is 12.3. The number of esters is 1. The van der Waals surface area contributed by atoms with E-state index in [2.05, 4.69) is 10.4 Å². The van der Waals surface area contributed by atoms with Crippen LogP contribution in [-0.2, 0) is 17.9 Å². The summed E-state index contributed by atoms with van der Waals surface area (Å²) in [6.45, 7) is 4.73. The molecule has 0 spiro atoms. The monoisotopic (exact) mass is 469 g/mol. The Bertz CT molecular complexity index is 1310. The highest BCUT2D eigenvalue weighted by molar-refractivity contribution is 6.04. The number of aryl methyl sites for hydroxylation is 1. The first-order valence-corrected chi connectivity index (χ1v) is 11.2. The molecule has 35 heavy (non-hydrogen) atoms. The Labute approximate surface area is 204 Å². The Kier molecular flexibility index (Phi) is 7.26. The van der Waals surface area contributed by atoms with Crippen molar-refractivity contribution in [3.05, 3.63) is 113 Å². The molecule has 0 aliphatic rings. The third-order valence-corrected chi connectivity index (χ3v) is 5.69. The Balaban J connectivity index is 1.40. The highest BCUT2D eigenvalue weighted by atomic mass is 16.5. The molecule has 178 valence electrons. The minimum Gasteiger partial charge on any atom is -0.489 e. The minimum absolute atomic E-state index is 0.200. The molecule has 0 atom stereocenters. The number of carbonyl (C=O) groups excluding carboxylic acids is 2. The maximum atomic E-state index is 12.9. The Morgan fingerprint density at radius 1 is 0.857 bits per heavy atom. The average molecular weight is 470 g/mol. The van der Waals surface area contributed by atoms with Gasteiger partial charge in [0.1, 0.15) is 12.4 Å². The zero-order valence-corrected chi connectivity index (χ0v) is 19.9. The van der Waals surface area contributed by atoms with Crippen LogP contribution in [0.5, 0.6) is 5.75 Å². The predicted octanol–water partition coefficient (Wildman–Crippen LogP) is 5.17. The summed E-state index contributed by atoms with van der Waals surface area (Å²) in [6.07, 6.45) is 0. The van der Waals surface area contributed by atoms with Gasteiger partial charge in [-0.3, -0.25) is 9.48 Å². The Morgan fingerprint density at radius 3 is 2.14 bits per heavy atom. The van der Waals surface area contributed by atoms with Crippen molar-refractivity contribution in [2.24, 2.45) is 0 Å². The zero-order valence-electron chi connectivity index (χ0n) is 19.9. The zero-order chi connectivity index (χ0) is 24.8. The number of carbonyl (C=O) groups is 2. The maximum absolute atomic E-state index is 12.9. The lowest BCUT2D eigenvalue weighted by Crippen LogP contribution is -2.13. The molecule has 1 heterocycles. The van der Waals surface area contributed by atoms with Crippen molar-refractivity contribution in [3.8, 4) is 5.75 Å². The number of amides is 1. The second kappa shape index (κ2) is 10.7. The smallest absolute Gasteiger partial charge is 0.337 e. The van der Waals surface area contributed by atoms with Crippen LogP contribution in [0.4, 0.5) is 5.69 Å². The molecule has 7 heteroatoms. The van der Waals surface area contributed by atoms with E-state index < -0.39 is 0 Å². The van der Waals surface area contributed by atoms with E-state index in [-0.39, 0.29) is 11.9 Å². The van der Waals surface area contributed by atoms with Gasteiger partial charge in [0.05, 0.1) is 36.3 Å².